The van der Waals surface area contributed by atoms with E-state index in [1.54, 1.807) is 14.0 Å². The maximum Gasteiger partial charge on any atom is 0.231 e. The van der Waals surface area contributed by atoms with Crippen LogP contribution in [0.5, 0.6) is 5.75 Å². The largest absolute Gasteiger partial charge is 0.497 e. The van der Waals surface area contributed by atoms with Crippen LogP contribution in [0, 0.1) is 11.3 Å². The van der Waals surface area contributed by atoms with Gasteiger partial charge in [-0.1, -0.05) is 30.3 Å². The maximum atomic E-state index is 13.5. The Morgan fingerprint density at radius 1 is 1.16 bits per heavy atom. The third-order valence-electron chi connectivity index (χ3n) is 6.88. The van der Waals surface area contributed by atoms with Crippen LogP contribution in [0.25, 0.3) is 11.1 Å². The van der Waals surface area contributed by atoms with Gasteiger partial charge in [0, 0.05) is 32.6 Å². The molecule has 6 heteroatoms. The summed E-state index contributed by atoms with van der Waals surface area (Å²) in [6, 6.07) is 16.3. The van der Waals surface area contributed by atoms with Gasteiger partial charge < -0.3 is 14.5 Å². The highest BCUT2D eigenvalue weighted by Gasteiger charge is 2.44. The third kappa shape index (κ3) is 4.37. The van der Waals surface area contributed by atoms with Crippen LogP contribution >= 0.6 is 0 Å². The van der Waals surface area contributed by atoms with Crippen molar-refractivity contribution < 1.29 is 14.3 Å². The minimum atomic E-state index is -0.579. The molecule has 2 amide bonds. The summed E-state index contributed by atoms with van der Waals surface area (Å²) in [6.45, 7) is 8.40. The Labute approximate surface area is 190 Å². The zero-order chi connectivity index (χ0) is 22.9. The van der Waals surface area contributed by atoms with Gasteiger partial charge in [0.2, 0.25) is 11.8 Å². The van der Waals surface area contributed by atoms with E-state index in [-0.39, 0.29) is 17.9 Å². The highest BCUT2D eigenvalue weighted by atomic mass is 16.5. The fraction of sp³-hybridized carbons (Fsp3) is 0.462. The Bertz CT molecular complexity index is 1000. The molecule has 6 nitrogen and oxygen atoms in total. The topological polar surface area (TPSA) is 61.9 Å². The molecular weight excluding hydrogens is 402 g/mol. The second kappa shape index (κ2) is 8.94. The van der Waals surface area contributed by atoms with Gasteiger partial charge in [0.25, 0.3) is 0 Å². The predicted octanol–water partition coefficient (Wildman–Crippen LogP) is 3.69. The van der Waals surface area contributed by atoms with Crippen molar-refractivity contribution in [2.75, 3.05) is 33.4 Å². The number of likely N-dealkylation sites (tertiary alicyclic amines) is 1. The summed E-state index contributed by atoms with van der Waals surface area (Å²) in [5.41, 5.74) is 2.71. The van der Waals surface area contributed by atoms with Gasteiger partial charge in [-0.3, -0.25) is 14.9 Å². The Balaban J connectivity index is 1.50. The first-order valence-electron chi connectivity index (χ1n) is 11.3. The van der Waals surface area contributed by atoms with E-state index in [9.17, 15) is 9.59 Å². The minimum absolute atomic E-state index is 0.0749. The highest BCUT2D eigenvalue weighted by molar-refractivity contribution is 5.84. The van der Waals surface area contributed by atoms with E-state index in [0.717, 1.165) is 42.0 Å². The molecule has 2 aromatic rings. The van der Waals surface area contributed by atoms with Crippen LogP contribution in [0.3, 0.4) is 0 Å². The number of rotatable bonds is 5. The number of hydrogen-bond acceptors (Lipinski definition) is 4. The van der Waals surface area contributed by atoms with Gasteiger partial charge in [0.1, 0.15) is 5.75 Å². The lowest BCUT2D eigenvalue weighted by molar-refractivity contribution is -0.148. The first-order chi connectivity index (χ1) is 15.3. The van der Waals surface area contributed by atoms with E-state index in [1.807, 2.05) is 47.9 Å². The number of hydrogen-bond donors (Lipinski definition) is 1. The third-order valence-corrected chi connectivity index (χ3v) is 6.88. The Kier molecular flexibility index (Phi) is 6.24. The van der Waals surface area contributed by atoms with Gasteiger partial charge >= 0.3 is 0 Å². The van der Waals surface area contributed by atoms with Gasteiger partial charge in [-0.2, -0.15) is 0 Å². The zero-order valence-corrected chi connectivity index (χ0v) is 19.4. The molecule has 2 atom stereocenters. The molecule has 0 saturated carbocycles. The van der Waals surface area contributed by atoms with Gasteiger partial charge in [0.15, 0.2) is 0 Å². The number of amides is 2. The fourth-order valence-electron chi connectivity index (χ4n) is 5.02. The molecular formula is C26H33N3O3. The van der Waals surface area contributed by atoms with Crippen LogP contribution < -0.4 is 10.1 Å². The van der Waals surface area contributed by atoms with Crippen molar-refractivity contribution in [3.63, 3.8) is 0 Å². The van der Waals surface area contributed by atoms with Gasteiger partial charge in [-0.05, 0) is 61.1 Å². The molecule has 1 N–H and O–H groups in total. The summed E-state index contributed by atoms with van der Waals surface area (Å²) < 4.78 is 5.37. The van der Waals surface area contributed by atoms with Crippen molar-refractivity contribution in [1.82, 2.24) is 15.1 Å². The van der Waals surface area contributed by atoms with Crippen molar-refractivity contribution in [2.45, 2.75) is 33.2 Å². The zero-order valence-electron chi connectivity index (χ0n) is 19.4. The molecule has 0 bridgehead atoms. The maximum absolute atomic E-state index is 13.5. The monoisotopic (exact) mass is 435 g/mol. The summed E-state index contributed by atoms with van der Waals surface area (Å²) in [5.74, 6) is 1.44. The normalized spacial score (nSPS) is 22.8. The molecule has 0 spiro atoms. The smallest absolute Gasteiger partial charge is 0.231 e. The Morgan fingerprint density at radius 3 is 2.56 bits per heavy atom. The second-order valence-electron chi connectivity index (χ2n) is 9.52. The van der Waals surface area contributed by atoms with Gasteiger partial charge in [-0.15, -0.1) is 0 Å². The molecule has 0 aliphatic carbocycles. The van der Waals surface area contributed by atoms with E-state index in [2.05, 4.69) is 29.6 Å². The van der Waals surface area contributed by atoms with Crippen LogP contribution in [0.4, 0.5) is 0 Å². The van der Waals surface area contributed by atoms with Crippen LogP contribution in [0.15, 0.2) is 48.5 Å². The van der Waals surface area contributed by atoms with Crippen LogP contribution in [-0.2, 0) is 9.59 Å². The molecule has 4 rings (SSSR count). The number of nitrogens with one attached hydrogen (secondary N) is 1. The quantitative estimate of drug-likeness (QED) is 0.778. The Hall–Kier alpha value is -2.86. The molecule has 2 aliphatic heterocycles. The van der Waals surface area contributed by atoms with Crippen molar-refractivity contribution >= 4 is 11.8 Å². The molecule has 2 heterocycles. The fourth-order valence-corrected chi connectivity index (χ4v) is 5.02. The molecule has 170 valence electrons. The van der Waals surface area contributed by atoms with E-state index in [4.69, 9.17) is 4.74 Å². The average molecular weight is 436 g/mol. The molecule has 32 heavy (non-hydrogen) atoms. The highest BCUT2D eigenvalue weighted by Crippen LogP contribution is 2.39. The standard InChI is InChI=1S/C26H33N3O3/c1-18(30)28-12-11-19(15-28)16-29-17-27-24(26(2,3)25(29)31)22-9-5-7-20(13-22)21-8-6-10-23(14-21)32-4/h5-10,13-14,19,24,27H,11-12,15-17H2,1-4H3/t19?,24-/m1/s1. The second-order valence-corrected chi connectivity index (χ2v) is 9.52. The number of ether oxygens (including phenoxy) is 1. The number of nitrogens with zero attached hydrogens (tertiary/aromatic N) is 2. The molecule has 2 aliphatic rings. The Morgan fingerprint density at radius 2 is 1.88 bits per heavy atom. The molecule has 2 saturated heterocycles. The summed E-state index contributed by atoms with van der Waals surface area (Å²) in [6.07, 6.45) is 0.954. The van der Waals surface area contributed by atoms with Crippen LogP contribution in [-0.4, -0.2) is 55.0 Å². The summed E-state index contributed by atoms with van der Waals surface area (Å²) in [7, 11) is 1.67. The van der Waals surface area contributed by atoms with E-state index >= 15 is 0 Å². The van der Waals surface area contributed by atoms with Crippen molar-refractivity contribution in [1.29, 1.82) is 0 Å². The average Bonchev–Trinajstić information content (AvgIpc) is 3.26. The van der Waals surface area contributed by atoms with E-state index in [1.165, 1.54) is 0 Å². The van der Waals surface area contributed by atoms with Crippen LogP contribution in [0.1, 0.15) is 38.8 Å². The lowest BCUT2D eigenvalue weighted by Crippen LogP contribution is -2.58. The summed E-state index contributed by atoms with van der Waals surface area (Å²) in [5, 5.41) is 3.62. The van der Waals surface area contributed by atoms with Gasteiger partial charge in [0.05, 0.1) is 19.2 Å². The predicted molar refractivity (Wildman–Crippen MR) is 125 cm³/mol. The summed E-state index contributed by atoms with van der Waals surface area (Å²) >= 11 is 0. The first kappa shape index (κ1) is 22.3. The number of methoxy groups -OCH3 is 1. The number of carbonyl (C=O) groups is 2. The number of benzene rings is 2. The molecule has 0 aromatic heterocycles. The first-order valence-corrected chi connectivity index (χ1v) is 11.3. The molecule has 2 fully saturated rings. The molecule has 2 aromatic carbocycles. The minimum Gasteiger partial charge on any atom is -0.497 e. The lowest BCUT2D eigenvalue weighted by atomic mass is 9.77. The van der Waals surface area contributed by atoms with Crippen LogP contribution in [0.2, 0.25) is 0 Å². The lowest BCUT2D eigenvalue weighted by Gasteiger charge is -2.45. The van der Waals surface area contributed by atoms with Gasteiger partial charge in [-0.25, -0.2) is 0 Å². The van der Waals surface area contributed by atoms with E-state index < -0.39 is 5.41 Å². The molecule has 0 radical (unpaired) electrons. The van der Waals surface area contributed by atoms with Crippen molar-refractivity contribution in [2.24, 2.45) is 11.3 Å². The molecule has 1 unspecified atom stereocenters. The number of carbonyl (C=O) groups excluding carboxylic acids is 2. The van der Waals surface area contributed by atoms with Crippen molar-refractivity contribution in [3.05, 3.63) is 54.1 Å². The summed E-state index contributed by atoms with van der Waals surface area (Å²) in [4.78, 5) is 28.9. The SMILES string of the molecule is COc1cccc(-c2cccc([C@H]3NCN(CC4CCN(C(C)=O)C4)C(=O)C3(C)C)c2)c1. The van der Waals surface area contributed by atoms with Crippen molar-refractivity contribution in [3.8, 4) is 16.9 Å². The van der Waals surface area contributed by atoms with E-state index in [0.29, 0.717) is 19.1 Å².